The van der Waals surface area contributed by atoms with Gasteiger partial charge in [-0.15, -0.1) is 0 Å². The molecule has 3 rings (SSSR count). The molecule has 1 fully saturated rings. The molecule has 3 amide bonds. The molecule has 7 N–H and O–H groups in total. The largest absolute Gasteiger partial charge is 0.481 e. The number of aliphatic carboxylic acids is 2. The van der Waals surface area contributed by atoms with Gasteiger partial charge in [-0.2, -0.15) is 0 Å². The molecule has 40 heavy (non-hydrogen) atoms. The Labute approximate surface area is 232 Å². The fourth-order valence-corrected chi connectivity index (χ4v) is 4.85. The topological polar surface area (TPSA) is 190 Å². The third kappa shape index (κ3) is 8.80. The Morgan fingerprint density at radius 2 is 1.65 bits per heavy atom. The van der Waals surface area contributed by atoms with Crippen LogP contribution in [-0.4, -0.2) is 75.6 Å². The maximum atomic E-state index is 13.6. The van der Waals surface area contributed by atoms with E-state index < -0.39 is 54.3 Å². The molecule has 0 radical (unpaired) electrons. The molecule has 12 nitrogen and oxygen atoms in total. The highest BCUT2D eigenvalue weighted by Crippen LogP contribution is 2.20. The Bertz CT molecular complexity index is 1200. The second-order valence-electron chi connectivity index (χ2n) is 10.6. The molecule has 2 aromatic rings. The first kappa shape index (κ1) is 30.6. The molecule has 1 aromatic heterocycles. The van der Waals surface area contributed by atoms with Crippen LogP contribution in [0.25, 0.3) is 10.9 Å². The van der Waals surface area contributed by atoms with E-state index in [9.17, 15) is 34.2 Å². The van der Waals surface area contributed by atoms with Crippen LogP contribution in [0.5, 0.6) is 0 Å². The fourth-order valence-electron chi connectivity index (χ4n) is 4.85. The summed E-state index contributed by atoms with van der Waals surface area (Å²) < 4.78 is 0. The van der Waals surface area contributed by atoms with E-state index in [4.69, 9.17) is 0 Å². The van der Waals surface area contributed by atoms with Gasteiger partial charge in [-0.1, -0.05) is 38.5 Å². The number of amides is 3. The average Bonchev–Trinajstić information content (AvgIpc) is 3.32. The molecule has 218 valence electrons. The van der Waals surface area contributed by atoms with Gasteiger partial charge in [-0.3, -0.25) is 19.2 Å². The zero-order chi connectivity index (χ0) is 29.2. The lowest BCUT2D eigenvalue weighted by atomic mass is 10.0. The molecule has 0 saturated carbocycles. The molecule has 4 atom stereocenters. The number of carboxylic acid groups (broad SMARTS) is 2. The summed E-state index contributed by atoms with van der Waals surface area (Å²) in [5.41, 5.74) is 1.64. The van der Waals surface area contributed by atoms with Crippen LogP contribution in [0, 0.1) is 5.92 Å². The first-order valence-corrected chi connectivity index (χ1v) is 13.7. The summed E-state index contributed by atoms with van der Waals surface area (Å²) in [4.78, 5) is 65.9. The molecule has 0 bridgehead atoms. The number of nitrogens with one attached hydrogen (secondary N) is 5. The van der Waals surface area contributed by atoms with Crippen molar-refractivity contribution in [1.29, 1.82) is 0 Å². The van der Waals surface area contributed by atoms with Gasteiger partial charge in [0.05, 0.1) is 6.04 Å². The van der Waals surface area contributed by atoms with E-state index in [1.165, 1.54) is 0 Å². The number of rotatable bonds is 14. The van der Waals surface area contributed by atoms with E-state index in [1.54, 1.807) is 6.20 Å². The number of carboxylic acids is 2. The number of aromatic nitrogens is 1. The van der Waals surface area contributed by atoms with Crippen molar-refractivity contribution >= 4 is 40.6 Å². The zero-order valence-corrected chi connectivity index (χ0v) is 22.9. The summed E-state index contributed by atoms with van der Waals surface area (Å²) in [6, 6.07) is 3.49. The van der Waals surface area contributed by atoms with E-state index in [0.717, 1.165) is 29.3 Å². The highest BCUT2D eigenvalue weighted by atomic mass is 16.4. The number of H-pyrrole nitrogens is 1. The lowest BCUT2D eigenvalue weighted by Crippen LogP contribution is -2.58. The third-order valence-electron chi connectivity index (χ3n) is 6.96. The average molecular weight is 558 g/mol. The Morgan fingerprint density at radius 3 is 2.30 bits per heavy atom. The highest BCUT2D eigenvalue weighted by Gasteiger charge is 2.32. The monoisotopic (exact) mass is 557 g/mol. The van der Waals surface area contributed by atoms with Gasteiger partial charge in [0.1, 0.15) is 18.1 Å². The first-order valence-electron chi connectivity index (χ1n) is 13.7. The van der Waals surface area contributed by atoms with Crippen molar-refractivity contribution in [3.05, 3.63) is 36.0 Å². The van der Waals surface area contributed by atoms with Crippen LogP contribution < -0.4 is 21.3 Å². The molecule has 1 saturated heterocycles. The molecule has 0 spiro atoms. The number of carbonyl (C=O) groups is 5. The summed E-state index contributed by atoms with van der Waals surface area (Å²) in [5.74, 6) is -4.23. The molecule has 2 heterocycles. The number of piperidine rings is 1. The molecule has 0 aliphatic carbocycles. The molecule has 1 aliphatic heterocycles. The maximum absolute atomic E-state index is 13.6. The normalized spacial score (nSPS) is 17.5. The summed E-state index contributed by atoms with van der Waals surface area (Å²) in [6.07, 6.45) is 3.82. The van der Waals surface area contributed by atoms with E-state index in [-0.39, 0.29) is 31.1 Å². The van der Waals surface area contributed by atoms with Gasteiger partial charge >= 0.3 is 11.9 Å². The van der Waals surface area contributed by atoms with Crippen molar-refractivity contribution < 1.29 is 34.2 Å². The van der Waals surface area contributed by atoms with Gasteiger partial charge < -0.3 is 36.5 Å². The van der Waals surface area contributed by atoms with Crippen LogP contribution in [0.4, 0.5) is 0 Å². The summed E-state index contributed by atoms with van der Waals surface area (Å²) in [7, 11) is 0. The second kappa shape index (κ2) is 14.5. The van der Waals surface area contributed by atoms with Crippen LogP contribution >= 0.6 is 0 Å². The number of hydrogen-bond acceptors (Lipinski definition) is 6. The predicted octanol–water partition coefficient (Wildman–Crippen LogP) is 1.30. The first-order chi connectivity index (χ1) is 19.0. The van der Waals surface area contributed by atoms with Gasteiger partial charge in [0.15, 0.2) is 0 Å². The van der Waals surface area contributed by atoms with E-state index in [1.807, 2.05) is 38.1 Å². The van der Waals surface area contributed by atoms with Crippen LogP contribution in [0.3, 0.4) is 0 Å². The molecule has 1 aliphatic rings. The maximum Gasteiger partial charge on any atom is 0.326 e. The number of aromatic amines is 1. The number of carbonyl (C=O) groups excluding carboxylic acids is 3. The van der Waals surface area contributed by atoms with Crippen molar-refractivity contribution in [2.75, 3.05) is 6.54 Å². The molecule has 12 heteroatoms. The predicted molar refractivity (Wildman–Crippen MR) is 147 cm³/mol. The Kier molecular flexibility index (Phi) is 11.1. The van der Waals surface area contributed by atoms with Gasteiger partial charge in [-0.05, 0) is 49.8 Å². The minimum absolute atomic E-state index is 0.0300. The lowest BCUT2D eigenvalue weighted by Gasteiger charge is -2.27. The van der Waals surface area contributed by atoms with Gasteiger partial charge in [-0.25, -0.2) is 4.79 Å². The van der Waals surface area contributed by atoms with E-state index in [2.05, 4.69) is 26.3 Å². The minimum atomic E-state index is -1.31. The number of fused-ring (bicyclic) bond motifs is 1. The summed E-state index contributed by atoms with van der Waals surface area (Å²) in [5, 5.41) is 30.6. The van der Waals surface area contributed by atoms with Crippen molar-refractivity contribution in [3.63, 3.8) is 0 Å². The fraction of sp³-hybridized carbons (Fsp3) is 0.536. The molecule has 0 unspecified atom stereocenters. The zero-order valence-electron chi connectivity index (χ0n) is 22.9. The number of benzene rings is 1. The van der Waals surface area contributed by atoms with Crippen molar-refractivity contribution in [1.82, 2.24) is 26.3 Å². The van der Waals surface area contributed by atoms with Gasteiger partial charge in [0, 0.05) is 29.9 Å². The Balaban J connectivity index is 1.82. The van der Waals surface area contributed by atoms with E-state index in [0.29, 0.717) is 13.0 Å². The summed E-state index contributed by atoms with van der Waals surface area (Å²) in [6.45, 7) is 4.31. The Hall–Kier alpha value is -3.93. The molecule has 1 aromatic carbocycles. The van der Waals surface area contributed by atoms with Crippen molar-refractivity contribution in [2.45, 2.75) is 83.0 Å². The lowest BCUT2D eigenvalue weighted by molar-refractivity contribution is -0.143. The quantitative estimate of drug-likeness (QED) is 0.181. The number of hydrogen-bond donors (Lipinski definition) is 7. The molecular weight excluding hydrogens is 518 g/mol. The highest BCUT2D eigenvalue weighted by molar-refractivity contribution is 5.95. The van der Waals surface area contributed by atoms with Crippen LogP contribution in [0.15, 0.2) is 30.5 Å². The van der Waals surface area contributed by atoms with Crippen molar-refractivity contribution in [3.8, 4) is 0 Å². The molecular formula is C28H39N5O7. The summed E-state index contributed by atoms with van der Waals surface area (Å²) >= 11 is 0. The van der Waals surface area contributed by atoms with Crippen LogP contribution in [0.1, 0.15) is 57.9 Å². The van der Waals surface area contributed by atoms with Crippen molar-refractivity contribution in [2.24, 2.45) is 5.92 Å². The SMILES string of the molecule is CC(C)C[C@H](NC(=O)[C@H](CCC(=O)O)NC(=O)[C@H](Cc1c[nH]c2ccccc12)NC(=O)[C@@H]1CCCCN1)C(=O)O. The number of para-hydroxylation sites is 1. The van der Waals surface area contributed by atoms with Gasteiger partial charge in [0.2, 0.25) is 17.7 Å². The second-order valence-corrected chi connectivity index (χ2v) is 10.6. The standard InChI is InChI=1S/C28H39N5O7/c1-16(2)13-23(28(39)40)33-26(37)21(10-11-24(34)35)31-27(38)22(32-25(36)20-9-5-6-12-29-20)14-17-15-30-19-8-4-3-7-18(17)19/h3-4,7-8,15-16,20-23,29-30H,5-6,9-14H2,1-2H3,(H,31,38)(H,32,36)(H,33,37)(H,34,35)(H,39,40)/t20-,21-,22-,23-/m0/s1. The Morgan fingerprint density at radius 1 is 0.950 bits per heavy atom. The smallest absolute Gasteiger partial charge is 0.326 e. The van der Waals surface area contributed by atoms with Crippen LogP contribution in [0.2, 0.25) is 0 Å². The third-order valence-corrected chi connectivity index (χ3v) is 6.96. The van der Waals surface area contributed by atoms with E-state index >= 15 is 0 Å². The van der Waals surface area contributed by atoms with Crippen LogP contribution in [-0.2, 0) is 30.4 Å². The van der Waals surface area contributed by atoms with Gasteiger partial charge in [0.25, 0.3) is 0 Å². The minimum Gasteiger partial charge on any atom is -0.481 e.